The molecule has 0 unspecified atom stereocenters. The van der Waals surface area contributed by atoms with Gasteiger partial charge in [0.15, 0.2) is 0 Å². The lowest BCUT2D eigenvalue weighted by Gasteiger charge is -2.10. The van der Waals surface area contributed by atoms with Crippen LogP contribution in [0.3, 0.4) is 0 Å². The van der Waals surface area contributed by atoms with Gasteiger partial charge in [-0.2, -0.15) is 13.2 Å². The quantitative estimate of drug-likeness (QED) is 0.789. The Morgan fingerprint density at radius 2 is 2.19 bits per heavy atom. The number of methoxy groups -OCH3 is 1. The molecular formula is C9H8F3NO3. The molecule has 0 aliphatic carbocycles. The van der Waals surface area contributed by atoms with Gasteiger partial charge in [-0.25, -0.2) is 0 Å². The lowest BCUT2D eigenvalue weighted by Crippen LogP contribution is -2.10. The number of carbonyl (C=O) groups excluding carboxylic acids is 1. The van der Waals surface area contributed by atoms with Crippen molar-refractivity contribution in [3.8, 4) is 5.75 Å². The first-order chi connectivity index (χ1) is 7.36. The summed E-state index contributed by atoms with van der Waals surface area (Å²) in [5.74, 6) is -1.82. The lowest BCUT2D eigenvalue weighted by molar-refractivity contribution is -0.141. The number of halogens is 3. The van der Waals surface area contributed by atoms with E-state index in [2.05, 4.69) is 9.72 Å². The van der Waals surface area contributed by atoms with Gasteiger partial charge in [0.1, 0.15) is 11.3 Å². The molecule has 1 aromatic rings. The fourth-order valence-electron chi connectivity index (χ4n) is 1.06. The van der Waals surface area contributed by atoms with Gasteiger partial charge in [0.05, 0.1) is 19.2 Å². The van der Waals surface area contributed by atoms with E-state index in [1.54, 1.807) is 0 Å². The fraction of sp³-hybridized carbons (Fsp3) is 0.333. The molecule has 0 spiro atoms. The molecule has 88 valence electrons. The molecular weight excluding hydrogens is 227 g/mol. The highest BCUT2D eigenvalue weighted by atomic mass is 19.4. The van der Waals surface area contributed by atoms with Crippen LogP contribution in [0.1, 0.15) is 11.3 Å². The number of ether oxygens (including phenoxy) is 1. The average molecular weight is 235 g/mol. The third-order valence-electron chi connectivity index (χ3n) is 1.84. The summed E-state index contributed by atoms with van der Waals surface area (Å²) in [7, 11) is 1.09. The molecule has 4 nitrogen and oxygen atoms in total. The van der Waals surface area contributed by atoms with E-state index in [4.69, 9.17) is 0 Å². The third-order valence-corrected chi connectivity index (χ3v) is 1.84. The van der Waals surface area contributed by atoms with Gasteiger partial charge < -0.3 is 9.84 Å². The molecule has 1 rings (SSSR count). The number of aromatic hydroxyl groups is 1. The van der Waals surface area contributed by atoms with E-state index in [9.17, 15) is 23.1 Å². The second-order valence-corrected chi connectivity index (χ2v) is 2.90. The zero-order chi connectivity index (χ0) is 12.3. The van der Waals surface area contributed by atoms with E-state index in [0.717, 1.165) is 13.3 Å². The Balaban J connectivity index is 3.09. The van der Waals surface area contributed by atoms with Crippen molar-refractivity contribution in [2.75, 3.05) is 7.11 Å². The molecule has 0 saturated carbocycles. The molecule has 0 fully saturated rings. The van der Waals surface area contributed by atoms with E-state index in [1.807, 2.05) is 0 Å². The molecule has 0 aliphatic heterocycles. The summed E-state index contributed by atoms with van der Waals surface area (Å²) in [6.07, 6.45) is -4.31. The molecule has 0 radical (unpaired) electrons. The molecule has 0 amide bonds. The summed E-state index contributed by atoms with van der Waals surface area (Å²) in [6, 6.07) is 0.635. The minimum atomic E-state index is -4.68. The first kappa shape index (κ1) is 12.3. The Hall–Kier alpha value is -1.79. The third kappa shape index (κ3) is 2.62. The number of carbonyl (C=O) groups is 1. The second kappa shape index (κ2) is 4.38. The minimum absolute atomic E-state index is 0.360. The number of hydrogen-bond donors (Lipinski definition) is 1. The highest BCUT2D eigenvalue weighted by Gasteiger charge is 2.35. The highest BCUT2D eigenvalue weighted by Crippen LogP contribution is 2.36. The molecule has 7 heteroatoms. The van der Waals surface area contributed by atoms with Crippen LogP contribution < -0.4 is 0 Å². The molecule has 0 bridgehead atoms. The van der Waals surface area contributed by atoms with Crippen molar-refractivity contribution in [2.24, 2.45) is 0 Å². The van der Waals surface area contributed by atoms with Crippen molar-refractivity contribution in [3.05, 3.63) is 23.5 Å². The second-order valence-electron chi connectivity index (χ2n) is 2.90. The Labute approximate surface area is 88.7 Å². The van der Waals surface area contributed by atoms with E-state index >= 15 is 0 Å². The van der Waals surface area contributed by atoms with E-state index in [1.165, 1.54) is 0 Å². The summed E-state index contributed by atoms with van der Waals surface area (Å²) in [5.41, 5.74) is -1.58. The standard InChI is InChI=1S/C9H8F3NO3/c1-16-7(14)4-6-8(15)5(2-3-13-6)9(10,11)12/h2-3,15H,4H2,1H3. The monoisotopic (exact) mass is 235 g/mol. The van der Waals surface area contributed by atoms with Gasteiger partial charge in [-0.15, -0.1) is 0 Å². The Bertz CT molecular complexity index is 403. The van der Waals surface area contributed by atoms with E-state index in [0.29, 0.717) is 6.07 Å². The maximum atomic E-state index is 12.3. The van der Waals surface area contributed by atoms with Crippen LogP contribution in [0, 0.1) is 0 Å². The topological polar surface area (TPSA) is 59.4 Å². The molecule has 0 aromatic carbocycles. The summed E-state index contributed by atoms with van der Waals surface area (Å²) in [6.45, 7) is 0. The number of esters is 1. The number of nitrogens with zero attached hydrogens (tertiary/aromatic N) is 1. The normalized spacial score (nSPS) is 11.2. The fourth-order valence-corrected chi connectivity index (χ4v) is 1.06. The zero-order valence-corrected chi connectivity index (χ0v) is 8.21. The van der Waals surface area contributed by atoms with Crippen LogP contribution in [0.2, 0.25) is 0 Å². The number of pyridine rings is 1. The van der Waals surface area contributed by atoms with Gasteiger partial charge in [-0.1, -0.05) is 0 Å². The van der Waals surface area contributed by atoms with Crippen molar-refractivity contribution in [2.45, 2.75) is 12.6 Å². The van der Waals surface area contributed by atoms with Gasteiger partial charge >= 0.3 is 12.1 Å². The number of alkyl halides is 3. The predicted octanol–water partition coefficient (Wildman–Crippen LogP) is 1.52. The van der Waals surface area contributed by atoms with E-state index in [-0.39, 0.29) is 5.69 Å². The zero-order valence-electron chi connectivity index (χ0n) is 8.21. The van der Waals surface area contributed by atoms with Gasteiger partial charge in [0, 0.05) is 6.20 Å². The van der Waals surface area contributed by atoms with Crippen LogP contribution >= 0.6 is 0 Å². The molecule has 1 heterocycles. The Kier molecular flexibility index (Phi) is 3.36. The number of aromatic nitrogens is 1. The molecule has 16 heavy (non-hydrogen) atoms. The molecule has 1 aromatic heterocycles. The minimum Gasteiger partial charge on any atom is -0.505 e. The highest BCUT2D eigenvalue weighted by molar-refractivity contribution is 5.72. The summed E-state index contributed by atoms with van der Waals surface area (Å²) in [5, 5.41) is 9.28. The van der Waals surface area contributed by atoms with Crippen LogP contribution in [0.5, 0.6) is 5.75 Å². The first-order valence-electron chi connectivity index (χ1n) is 4.17. The van der Waals surface area contributed by atoms with Crippen molar-refractivity contribution < 1.29 is 27.8 Å². The largest absolute Gasteiger partial charge is 0.505 e. The van der Waals surface area contributed by atoms with Gasteiger partial charge in [-0.05, 0) is 6.07 Å². The predicted molar refractivity (Wildman–Crippen MR) is 46.6 cm³/mol. The number of hydrogen-bond acceptors (Lipinski definition) is 4. The number of rotatable bonds is 2. The van der Waals surface area contributed by atoms with Crippen molar-refractivity contribution >= 4 is 5.97 Å². The van der Waals surface area contributed by atoms with Crippen molar-refractivity contribution in [1.82, 2.24) is 4.98 Å². The molecule has 0 saturated heterocycles. The lowest BCUT2D eigenvalue weighted by atomic mass is 10.1. The maximum Gasteiger partial charge on any atom is 0.420 e. The van der Waals surface area contributed by atoms with E-state index < -0.39 is 29.9 Å². The van der Waals surface area contributed by atoms with Crippen LogP contribution in [-0.2, 0) is 22.1 Å². The summed E-state index contributed by atoms with van der Waals surface area (Å²) >= 11 is 0. The average Bonchev–Trinajstić information content (AvgIpc) is 2.19. The molecule has 0 aliphatic rings. The molecule has 1 N–H and O–H groups in total. The van der Waals surface area contributed by atoms with Crippen LogP contribution in [0.15, 0.2) is 12.3 Å². The van der Waals surface area contributed by atoms with Crippen LogP contribution in [-0.4, -0.2) is 23.2 Å². The summed E-state index contributed by atoms with van der Waals surface area (Å²) in [4.78, 5) is 14.3. The maximum absolute atomic E-state index is 12.3. The van der Waals surface area contributed by atoms with Crippen molar-refractivity contribution in [3.63, 3.8) is 0 Å². The van der Waals surface area contributed by atoms with Crippen LogP contribution in [0.25, 0.3) is 0 Å². The first-order valence-corrected chi connectivity index (χ1v) is 4.17. The summed E-state index contributed by atoms with van der Waals surface area (Å²) < 4.78 is 41.3. The van der Waals surface area contributed by atoms with Gasteiger partial charge in [-0.3, -0.25) is 9.78 Å². The van der Waals surface area contributed by atoms with Crippen molar-refractivity contribution in [1.29, 1.82) is 0 Å². The smallest absolute Gasteiger partial charge is 0.420 e. The molecule has 0 atom stereocenters. The Morgan fingerprint density at radius 3 is 2.69 bits per heavy atom. The Morgan fingerprint density at radius 1 is 1.56 bits per heavy atom. The SMILES string of the molecule is COC(=O)Cc1nccc(C(F)(F)F)c1O. The van der Waals surface area contributed by atoms with Gasteiger partial charge in [0.25, 0.3) is 0 Å². The van der Waals surface area contributed by atoms with Gasteiger partial charge in [0.2, 0.25) is 0 Å². The van der Waals surface area contributed by atoms with Crippen LogP contribution in [0.4, 0.5) is 13.2 Å².